The molecule has 1 atom stereocenters. The SMILES string of the molecule is O=C(c1ccn(-c2ccc([N+](=O)[O-])cc2)n1)N1CCC(CO)C1. The zero-order valence-electron chi connectivity index (χ0n) is 12.3. The lowest BCUT2D eigenvalue weighted by molar-refractivity contribution is -0.384. The summed E-state index contributed by atoms with van der Waals surface area (Å²) in [6.45, 7) is 1.25. The molecule has 1 aliphatic rings. The Labute approximate surface area is 132 Å². The van der Waals surface area contributed by atoms with Gasteiger partial charge in [0.25, 0.3) is 11.6 Å². The van der Waals surface area contributed by atoms with E-state index in [1.54, 1.807) is 29.3 Å². The molecule has 3 rings (SSSR count). The molecule has 8 heteroatoms. The first-order valence-corrected chi connectivity index (χ1v) is 7.29. The quantitative estimate of drug-likeness (QED) is 0.675. The van der Waals surface area contributed by atoms with Gasteiger partial charge in [0.15, 0.2) is 5.69 Å². The van der Waals surface area contributed by atoms with E-state index in [1.807, 2.05) is 0 Å². The fourth-order valence-electron chi connectivity index (χ4n) is 2.64. The molecule has 120 valence electrons. The zero-order chi connectivity index (χ0) is 16.4. The number of likely N-dealkylation sites (tertiary alicyclic amines) is 1. The Bertz CT molecular complexity index is 725. The van der Waals surface area contributed by atoms with E-state index >= 15 is 0 Å². The highest BCUT2D eigenvalue weighted by molar-refractivity contribution is 5.92. The summed E-state index contributed by atoms with van der Waals surface area (Å²) in [4.78, 5) is 24.2. The lowest BCUT2D eigenvalue weighted by atomic mass is 10.1. The van der Waals surface area contributed by atoms with Crippen molar-refractivity contribution in [3.05, 3.63) is 52.3 Å². The van der Waals surface area contributed by atoms with Crippen LogP contribution in [0.25, 0.3) is 5.69 Å². The Morgan fingerprint density at radius 2 is 2.09 bits per heavy atom. The minimum atomic E-state index is -0.466. The van der Waals surface area contributed by atoms with E-state index < -0.39 is 4.92 Å². The molecule has 1 aromatic heterocycles. The molecule has 1 N–H and O–H groups in total. The van der Waals surface area contributed by atoms with E-state index in [1.165, 1.54) is 16.8 Å². The first kappa shape index (κ1) is 15.2. The summed E-state index contributed by atoms with van der Waals surface area (Å²) >= 11 is 0. The predicted molar refractivity (Wildman–Crippen MR) is 81.3 cm³/mol. The van der Waals surface area contributed by atoms with Crippen molar-refractivity contribution in [2.24, 2.45) is 5.92 Å². The van der Waals surface area contributed by atoms with Gasteiger partial charge >= 0.3 is 0 Å². The van der Waals surface area contributed by atoms with E-state index in [0.717, 1.165) is 6.42 Å². The van der Waals surface area contributed by atoms with Crippen molar-refractivity contribution >= 4 is 11.6 Å². The van der Waals surface area contributed by atoms with Crippen LogP contribution in [0.4, 0.5) is 5.69 Å². The molecular formula is C15H16N4O4. The smallest absolute Gasteiger partial charge is 0.274 e. The molecule has 0 spiro atoms. The van der Waals surface area contributed by atoms with Gasteiger partial charge in [0, 0.05) is 43.9 Å². The summed E-state index contributed by atoms with van der Waals surface area (Å²) in [7, 11) is 0. The number of rotatable bonds is 4. The van der Waals surface area contributed by atoms with Crippen molar-refractivity contribution in [1.29, 1.82) is 0 Å². The Balaban J connectivity index is 1.75. The zero-order valence-corrected chi connectivity index (χ0v) is 12.3. The van der Waals surface area contributed by atoms with Gasteiger partial charge in [-0.1, -0.05) is 0 Å². The van der Waals surface area contributed by atoms with Gasteiger partial charge in [-0.3, -0.25) is 14.9 Å². The van der Waals surface area contributed by atoms with E-state index in [-0.39, 0.29) is 24.1 Å². The maximum Gasteiger partial charge on any atom is 0.274 e. The van der Waals surface area contributed by atoms with Gasteiger partial charge in [-0.25, -0.2) is 4.68 Å². The summed E-state index contributed by atoms with van der Waals surface area (Å²) in [5, 5.41) is 24.0. The average Bonchev–Trinajstić information content (AvgIpc) is 3.23. The van der Waals surface area contributed by atoms with Gasteiger partial charge in [-0.2, -0.15) is 5.10 Å². The Morgan fingerprint density at radius 1 is 1.35 bits per heavy atom. The van der Waals surface area contributed by atoms with Crippen LogP contribution < -0.4 is 0 Å². The molecule has 1 fully saturated rings. The van der Waals surface area contributed by atoms with Crippen molar-refractivity contribution in [3.63, 3.8) is 0 Å². The molecule has 23 heavy (non-hydrogen) atoms. The third-order valence-corrected chi connectivity index (χ3v) is 3.96. The first-order chi connectivity index (χ1) is 11.1. The van der Waals surface area contributed by atoms with Crippen molar-refractivity contribution in [2.75, 3.05) is 19.7 Å². The number of non-ortho nitro benzene ring substituents is 1. The van der Waals surface area contributed by atoms with Gasteiger partial charge in [-0.05, 0) is 24.6 Å². The molecule has 2 heterocycles. The maximum atomic E-state index is 12.4. The van der Waals surface area contributed by atoms with E-state index in [9.17, 15) is 14.9 Å². The molecule has 1 unspecified atom stereocenters. The van der Waals surface area contributed by atoms with Crippen LogP contribution in [0.1, 0.15) is 16.9 Å². The maximum absolute atomic E-state index is 12.4. The van der Waals surface area contributed by atoms with Gasteiger partial charge < -0.3 is 10.0 Å². The molecule has 1 aromatic carbocycles. The first-order valence-electron chi connectivity index (χ1n) is 7.29. The van der Waals surface area contributed by atoms with Crippen LogP contribution >= 0.6 is 0 Å². The summed E-state index contributed by atoms with van der Waals surface area (Å²) in [5.41, 5.74) is 0.968. The normalized spacial score (nSPS) is 17.4. The molecule has 0 bridgehead atoms. The number of carbonyl (C=O) groups is 1. The van der Waals surface area contributed by atoms with Crippen LogP contribution in [0.15, 0.2) is 36.5 Å². The lowest BCUT2D eigenvalue weighted by Gasteiger charge is -2.14. The second kappa shape index (κ2) is 6.17. The van der Waals surface area contributed by atoms with E-state index in [4.69, 9.17) is 5.11 Å². The summed E-state index contributed by atoms with van der Waals surface area (Å²) in [6.07, 6.45) is 2.44. The molecule has 0 saturated carbocycles. The minimum absolute atomic E-state index is 0.00400. The molecule has 0 radical (unpaired) electrons. The minimum Gasteiger partial charge on any atom is -0.396 e. The van der Waals surface area contributed by atoms with Crippen LogP contribution in [0.2, 0.25) is 0 Å². The Morgan fingerprint density at radius 3 is 2.70 bits per heavy atom. The molecule has 8 nitrogen and oxygen atoms in total. The van der Waals surface area contributed by atoms with Crippen molar-refractivity contribution in [2.45, 2.75) is 6.42 Å². The van der Waals surface area contributed by atoms with Gasteiger partial charge in [0.2, 0.25) is 0 Å². The van der Waals surface area contributed by atoms with Crippen LogP contribution in [0.5, 0.6) is 0 Å². The highest BCUT2D eigenvalue weighted by atomic mass is 16.6. The topological polar surface area (TPSA) is 102 Å². The lowest BCUT2D eigenvalue weighted by Crippen LogP contribution is -2.29. The Hall–Kier alpha value is -2.74. The third kappa shape index (κ3) is 3.07. The standard InChI is InChI=1S/C15H16N4O4/c20-10-11-5-7-17(9-11)15(21)14-6-8-18(16-14)12-1-3-13(4-2-12)19(22)23/h1-4,6,8,11,20H,5,7,9-10H2. The molecule has 2 aromatic rings. The van der Waals surface area contributed by atoms with Gasteiger partial charge in [-0.15, -0.1) is 0 Å². The summed E-state index contributed by atoms with van der Waals surface area (Å²) in [5.74, 6) is -0.0303. The number of nitro benzene ring substituents is 1. The third-order valence-electron chi connectivity index (χ3n) is 3.96. The van der Waals surface area contributed by atoms with Crippen LogP contribution in [-0.2, 0) is 0 Å². The monoisotopic (exact) mass is 316 g/mol. The number of amides is 1. The number of benzene rings is 1. The van der Waals surface area contributed by atoms with Crippen molar-refractivity contribution in [1.82, 2.24) is 14.7 Å². The van der Waals surface area contributed by atoms with E-state index in [0.29, 0.717) is 24.5 Å². The number of hydrogen-bond donors (Lipinski definition) is 1. The number of carbonyl (C=O) groups excluding carboxylic acids is 1. The van der Waals surface area contributed by atoms with Crippen LogP contribution in [0.3, 0.4) is 0 Å². The number of hydrogen-bond acceptors (Lipinski definition) is 5. The highest BCUT2D eigenvalue weighted by Gasteiger charge is 2.27. The number of aromatic nitrogens is 2. The Kier molecular flexibility index (Phi) is 4.07. The van der Waals surface area contributed by atoms with Crippen LogP contribution in [0, 0.1) is 16.0 Å². The molecular weight excluding hydrogens is 300 g/mol. The molecule has 1 aliphatic heterocycles. The van der Waals surface area contributed by atoms with Crippen molar-refractivity contribution < 1.29 is 14.8 Å². The summed E-state index contributed by atoms with van der Waals surface area (Å²) < 4.78 is 1.51. The van der Waals surface area contributed by atoms with Gasteiger partial charge in [0.05, 0.1) is 10.6 Å². The molecule has 1 amide bonds. The fourth-order valence-corrected chi connectivity index (χ4v) is 2.64. The van der Waals surface area contributed by atoms with Crippen molar-refractivity contribution in [3.8, 4) is 5.69 Å². The number of aliphatic hydroxyl groups excluding tert-OH is 1. The predicted octanol–water partition coefficient (Wildman–Crippen LogP) is 1.23. The molecule has 0 aliphatic carbocycles. The highest BCUT2D eigenvalue weighted by Crippen LogP contribution is 2.19. The summed E-state index contributed by atoms with van der Waals surface area (Å²) in [6, 6.07) is 7.57. The van der Waals surface area contributed by atoms with Gasteiger partial charge in [0.1, 0.15) is 0 Å². The second-order valence-electron chi connectivity index (χ2n) is 5.51. The van der Waals surface area contributed by atoms with E-state index in [2.05, 4.69) is 5.10 Å². The second-order valence-corrected chi connectivity index (χ2v) is 5.51. The number of nitro groups is 1. The molecule has 1 saturated heterocycles. The largest absolute Gasteiger partial charge is 0.396 e. The number of nitrogens with zero attached hydrogens (tertiary/aromatic N) is 4. The number of aliphatic hydroxyl groups is 1. The average molecular weight is 316 g/mol. The fraction of sp³-hybridized carbons (Fsp3) is 0.333. The van der Waals surface area contributed by atoms with Crippen LogP contribution in [-0.4, -0.2) is 50.3 Å².